The first kappa shape index (κ1) is 20.6. The third-order valence-corrected chi connectivity index (χ3v) is 6.69. The zero-order chi connectivity index (χ0) is 23.2. The van der Waals surface area contributed by atoms with Crippen LogP contribution in [-0.4, -0.2) is 4.57 Å². The summed E-state index contributed by atoms with van der Waals surface area (Å²) in [5, 5.41) is 5.22. The summed E-state index contributed by atoms with van der Waals surface area (Å²) in [6.07, 6.45) is 7.87. The van der Waals surface area contributed by atoms with E-state index in [1.54, 1.807) is 6.08 Å². The summed E-state index contributed by atoms with van der Waals surface area (Å²) in [4.78, 5) is 0. The number of halogens is 1. The Labute approximate surface area is 202 Å². The number of furan rings is 1. The number of hydrogen-bond acceptors (Lipinski definition) is 1. The van der Waals surface area contributed by atoms with Gasteiger partial charge in [-0.15, -0.1) is 0 Å². The standard InChI is InChI=1S/C31H22ClNO/c1-3-4-5-9-20(2)33-28-13-7-6-10-23(28)24-16-14-22(19-29(24)33)21-15-17-30-26(18-21)25-11-8-12-27(32)31(25)34-30/h3-19H,1H2,2H3/b5-4-,20-9+. The van der Waals surface area contributed by atoms with E-state index in [-0.39, 0.29) is 0 Å². The monoisotopic (exact) mass is 459 g/mol. The van der Waals surface area contributed by atoms with Crippen molar-refractivity contribution in [2.45, 2.75) is 6.92 Å². The first-order valence-electron chi connectivity index (χ1n) is 11.3. The molecule has 0 aliphatic rings. The highest BCUT2D eigenvalue weighted by molar-refractivity contribution is 6.35. The van der Waals surface area contributed by atoms with E-state index in [1.165, 1.54) is 21.8 Å². The lowest BCUT2D eigenvalue weighted by molar-refractivity contribution is 0.669. The van der Waals surface area contributed by atoms with Crippen LogP contribution < -0.4 is 0 Å². The maximum Gasteiger partial charge on any atom is 0.153 e. The van der Waals surface area contributed by atoms with Gasteiger partial charge in [-0.1, -0.05) is 84.9 Å². The predicted molar refractivity (Wildman–Crippen MR) is 146 cm³/mol. The van der Waals surface area contributed by atoms with Crippen molar-refractivity contribution >= 4 is 61.0 Å². The summed E-state index contributed by atoms with van der Waals surface area (Å²) in [6.45, 7) is 5.91. The van der Waals surface area contributed by atoms with Crippen molar-refractivity contribution in [2.75, 3.05) is 0 Å². The van der Waals surface area contributed by atoms with Gasteiger partial charge in [0.25, 0.3) is 0 Å². The first-order chi connectivity index (χ1) is 16.7. The van der Waals surface area contributed by atoms with Crippen LogP contribution in [0.15, 0.2) is 114 Å². The molecule has 0 amide bonds. The van der Waals surface area contributed by atoms with Crippen LogP contribution in [0.5, 0.6) is 0 Å². The van der Waals surface area contributed by atoms with Gasteiger partial charge in [0.05, 0.1) is 16.1 Å². The molecule has 0 radical (unpaired) electrons. The van der Waals surface area contributed by atoms with Crippen LogP contribution in [0.3, 0.4) is 0 Å². The Bertz CT molecular complexity index is 1800. The first-order valence-corrected chi connectivity index (χ1v) is 11.6. The molecule has 34 heavy (non-hydrogen) atoms. The second-order valence-corrected chi connectivity index (χ2v) is 8.85. The highest BCUT2D eigenvalue weighted by Crippen LogP contribution is 2.38. The van der Waals surface area contributed by atoms with Gasteiger partial charge in [0.2, 0.25) is 0 Å². The van der Waals surface area contributed by atoms with Crippen molar-refractivity contribution in [3.05, 3.63) is 115 Å². The van der Waals surface area contributed by atoms with Crippen LogP contribution in [0, 0.1) is 0 Å². The van der Waals surface area contributed by atoms with E-state index in [1.807, 2.05) is 30.4 Å². The molecule has 6 aromatic rings. The molecule has 3 heteroatoms. The highest BCUT2D eigenvalue weighted by atomic mass is 35.5. The number of fused-ring (bicyclic) bond motifs is 6. The Morgan fingerprint density at radius 2 is 1.56 bits per heavy atom. The topological polar surface area (TPSA) is 18.1 Å². The lowest BCUT2D eigenvalue weighted by atomic mass is 10.0. The smallest absolute Gasteiger partial charge is 0.153 e. The molecule has 4 aromatic carbocycles. The van der Waals surface area contributed by atoms with Gasteiger partial charge < -0.3 is 8.98 Å². The summed E-state index contributed by atoms with van der Waals surface area (Å²) in [6, 6.07) is 27.5. The molecule has 2 heterocycles. The van der Waals surface area contributed by atoms with Crippen LogP contribution in [0.4, 0.5) is 0 Å². The van der Waals surface area contributed by atoms with E-state index >= 15 is 0 Å². The Kier molecular flexibility index (Phi) is 4.90. The van der Waals surface area contributed by atoms with Gasteiger partial charge in [-0.2, -0.15) is 0 Å². The fourth-order valence-electron chi connectivity index (χ4n) is 4.82. The van der Waals surface area contributed by atoms with Gasteiger partial charge in [0, 0.05) is 27.2 Å². The van der Waals surface area contributed by atoms with E-state index in [0.29, 0.717) is 5.02 Å². The fraction of sp³-hybridized carbons (Fsp3) is 0.0323. The Morgan fingerprint density at radius 3 is 2.44 bits per heavy atom. The second-order valence-electron chi connectivity index (χ2n) is 8.44. The van der Waals surface area contributed by atoms with Crippen molar-refractivity contribution in [3.63, 3.8) is 0 Å². The molecule has 2 nitrogen and oxygen atoms in total. The summed E-state index contributed by atoms with van der Waals surface area (Å²) in [7, 11) is 0. The molecule has 0 saturated carbocycles. The van der Waals surface area contributed by atoms with E-state index in [9.17, 15) is 0 Å². The molecule has 0 N–H and O–H groups in total. The third kappa shape index (κ3) is 3.19. The maximum atomic E-state index is 6.37. The van der Waals surface area contributed by atoms with Gasteiger partial charge in [-0.05, 0) is 54.5 Å². The normalized spacial score (nSPS) is 12.6. The average molecular weight is 460 g/mol. The Morgan fingerprint density at radius 1 is 0.794 bits per heavy atom. The molecule has 0 saturated heterocycles. The molecule has 6 rings (SSSR count). The molecule has 0 spiro atoms. The largest absolute Gasteiger partial charge is 0.454 e. The van der Waals surface area contributed by atoms with Crippen LogP contribution >= 0.6 is 11.6 Å². The van der Waals surface area contributed by atoms with E-state index in [4.69, 9.17) is 16.0 Å². The quantitative estimate of drug-likeness (QED) is 0.240. The van der Waals surface area contributed by atoms with Gasteiger partial charge in [-0.25, -0.2) is 0 Å². The predicted octanol–water partition coefficient (Wildman–Crippen LogP) is 9.62. The van der Waals surface area contributed by atoms with Gasteiger partial charge >= 0.3 is 0 Å². The summed E-state index contributed by atoms with van der Waals surface area (Å²) < 4.78 is 8.35. The van der Waals surface area contributed by atoms with Crippen molar-refractivity contribution in [1.82, 2.24) is 4.57 Å². The molecule has 0 fully saturated rings. The van der Waals surface area contributed by atoms with Crippen molar-refractivity contribution < 1.29 is 4.42 Å². The van der Waals surface area contributed by atoms with Gasteiger partial charge in [0.1, 0.15) is 5.58 Å². The van der Waals surface area contributed by atoms with Crippen LogP contribution in [-0.2, 0) is 0 Å². The second kappa shape index (κ2) is 8.09. The number of nitrogens with zero attached hydrogens (tertiary/aromatic N) is 1. The summed E-state index contributed by atoms with van der Waals surface area (Å²) in [5.74, 6) is 0. The number of aromatic nitrogens is 1. The van der Waals surface area contributed by atoms with Gasteiger partial charge in [-0.3, -0.25) is 0 Å². The molecule has 164 valence electrons. The molecule has 2 aromatic heterocycles. The highest BCUT2D eigenvalue weighted by Gasteiger charge is 2.14. The van der Waals surface area contributed by atoms with Gasteiger partial charge in [0.15, 0.2) is 5.58 Å². The Balaban J connectivity index is 1.59. The molecular weight excluding hydrogens is 438 g/mol. The lowest BCUT2D eigenvalue weighted by Gasteiger charge is -2.09. The molecule has 0 aliphatic carbocycles. The van der Waals surface area contributed by atoms with Crippen molar-refractivity contribution in [3.8, 4) is 11.1 Å². The van der Waals surface area contributed by atoms with Crippen molar-refractivity contribution in [2.24, 2.45) is 0 Å². The molecule has 0 atom stereocenters. The zero-order valence-electron chi connectivity index (χ0n) is 18.8. The van der Waals surface area contributed by atoms with Crippen LogP contribution in [0.2, 0.25) is 5.02 Å². The third-order valence-electron chi connectivity index (χ3n) is 6.39. The molecule has 0 aliphatic heterocycles. The molecule has 0 unspecified atom stereocenters. The Hall–Kier alpha value is -4.01. The minimum atomic E-state index is 0.633. The molecule has 0 bridgehead atoms. The number of rotatable bonds is 4. The minimum absolute atomic E-state index is 0.633. The number of benzene rings is 4. The number of hydrogen-bond donors (Lipinski definition) is 0. The van der Waals surface area contributed by atoms with E-state index < -0.39 is 0 Å². The lowest BCUT2D eigenvalue weighted by Crippen LogP contribution is -1.93. The summed E-state index contributed by atoms with van der Waals surface area (Å²) in [5.41, 5.74) is 7.40. The maximum absolute atomic E-state index is 6.37. The van der Waals surface area contributed by atoms with Crippen molar-refractivity contribution in [1.29, 1.82) is 0 Å². The van der Waals surface area contributed by atoms with E-state index in [0.717, 1.165) is 38.8 Å². The zero-order valence-corrected chi connectivity index (χ0v) is 19.5. The SMILES string of the molecule is C=C/C=C\C=C(/C)n1c2ccccc2c2ccc(-c3ccc4oc5c(Cl)cccc5c4c3)cc21. The fourth-order valence-corrected chi connectivity index (χ4v) is 5.03. The van der Waals surface area contributed by atoms with Crippen LogP contribution in [0.1, 0.15) is 6.92 Å². The molecular formula is C31H22ClNO. The van der Waals surface area contributed by atoms with Crippen LogP contribution in [0.25, 0.3) is 60.6 Å². The number of para-hydroxylation sites is 2. The number of allylic oxidation sites excluding steroid dienone is 5. The average Bonchev–Trinajstić information content (AvgIpc) is 3.40. The minimum Gasteiger partial charge on any atom is -0.454 e. The van der Waals surface area contributed by atoms with E-state index in [2.05, 4.69) is 84.8 Å². The summed E-state index contributed by atoms with van der Waals surface area (Å²) >= 11 is 6.37.